The Morgan fingerprint density at radius 3 is 2.46 bits per heavy atom. The van der Waals surface area contributed by atoms with Crippen LogP contribution in [0.25, 0.3) is 0 Å². The summed E-state index contributed by atoms with van der Waals surface area (Å²) in [5.74, 6) is -0.171. The van der Waals surface area contributed by atoms with Crippen molar-refractivity contribution in [2.75, 3.05) is 19.8 Å². The van der Waals surface area contributed by atoms with E-state index in [1.54, 1.807) is 18.2 Å². The zero-order valence-electron chi connectivity index (χ0n) is 15.1. The van der Waals surface area contributed by atoms with Crippen molar-refractivity contribution in [1.82, 2.24) is 10.6 Å². The fraction of sp³-hybridized carbons (Fsp3) is 0.400. The Bertz CT molecular complexity index is 669. The second-order valence-corrected chi connectivity index (χ2v) is 6.88. The number of nitrogens with one attached hydrogen (secondary N) is 2. The van der Waals surface area contributed by atoms with E-state index in [-0.39, 0.29) is 11.8 Å². The first-order valence-electron chi connectivity index (χ1n) is 8.97. The summed E-state index contributed by atoms with van der Waals surface area (Å²) in [6.07, 6.45) is 3.01. The molecule has 0 fully saturated rings. The highest BCUT2D eigenvalue weighted by Gasteiger charge is 2.07. The van der Waals surface area contributed by atoms with Crippen LogP contribution in [-0.4, -0.2) is 31.6 Å². The summed E-state index contributed by atoms with van der Waals surface area (Å²) < 4.78 is 5.47. The highest BCUT2D eigenvalue weighted by atomic mass is 32.1. The summed E-state index contributed by atoms with van der Waals surface area (Å²) in [6, 6.07) is 10.9. The second-order valence-electron chi connectivity index (χ2n) is 5.93. The Hall–Kier alpha value is -2.18. The van der Waals surface area contributed by atoms with E-state index in [0.717, 1.165) is 31.4 Å². The van der Waals surface area contributed by atoms with Crippen molar-refractivity contribution in [2.45, 2.75) is 32.7 Å². The maximum Gasteiger partial charge on any atom is 0.261 e. The minimum absolute atomic E-state index is 0.0806. The van der Waals surface area contributed by atoms with Crippen molar-refractivity contribution < 1.29 is 14.3 Å². The van der Waals surface area contributed by atoms with E-state index < -0.39 is 0 Å². The summed E-state index contributed by atoms with van der Waals surface area (Å²) in [7, 11) is 0. The first kappa shape index (κ1) is 20.1. The van der Waals surface area contributed by atoms with Crippen LogP contribution in [-0.2, 0) is 11.3 Å². The Balaban J connectivity index is 1.67. The van der Waals surface area contributed by atoms with Gasteiger partial charge in [0.15, 0.2) is 0 Å². The Kier molecular flexibility index (Phi) is 8.86. The molecule has 0 saturated heterocycles. The third-order valence-electron chi connectivity index (χ3n) is 3.81. The molecule has 140 valence electrons. The SMILES string of the molecule is CCCCOCCCNC(=O)c1ccc(CNC(=O)c2cccs2)cc1. The lowest BCUT2D eigenvalue weighted by atomic mass is 10.1. The summed E-state index contributed by atoms with van der Waals surface area (Å²) in [5, 5.41) is 7.64. The first-order chi connectivity index (χ1) is 12.7. The van der Waals surface area contributed by atoms with E-state index in [2.05, 4.69) is 17.6 Å². The maximum absolute atomic E-state index is 12.1. The average molecular weight is 375 g/mol. The van der Waals surface area contributed by atoms with Crippen LogP contribution in [0.15, 0.2) is 41.8 Å². The van der Waals surface area contributed by atoms with E-state index in [0.29, 0.717) is 30.1 Å². The van der Waals surface area contributed by atoms with E-state index in [9.17, 15) is 9.59 Å². The molecule has 0 spiro atoms. The van der Waals surface area contributed by atoms with Gasteiger partial charge in [-0.3, -0.25) is 9.59 Å². The number of amides is 2. The molecule has 0 aliphatic carbocycles. The van der Waals surface area contributed by atoms with Crippen LogP contribution < -0.4 is 10.6 Å². The van der Waals surface area contributed by atoms with Gasteiger partial charge in [-0.15, -0.1) is 11.3 Å². The van der Waals surface area contributed by atoms with Crippen LogP contribution >= 0.6 is 11.3 Å². The van der Waals surface area contributed by atoms with Crippen molar-refractivity contribution in [3.63, 3.8) is 0 Å². The van der Waals surface area contributed by atoms with E-state index in [4.69, 9.17) is 4.74 Å². The Labute approximate surface area is 158 Å². The fourth-order valence-electron chi connectivity index (χ4n) is 2.28. The van der Waals surface area contributed by atoms with Gasteiger partial charge in [-0.1, -0.05) is 31.5 Å². The van der Waals surface area contributed by atoms with Gasteiger partial charge >= 0.3 is 0 Å². The van der Waals surface area contributed by atoms with Crippen molar-refractivity contribution in [1.29, 1.82) is 0 Å². The molecule has 0 bridgehead atoms. The highest BCUT2D eigenvalue weighted by molar-refractivity contribution is 7.12. The van der Waals surface area contributed by atoms with Gasteiger partial charge in [-0.2, -0.15) is 0 Å². The van der Waals surface area contributed by atoms with Gasteiger partial charge < -0.3 is 15.4 Å². The minimum atomic E-state index is -0.0901. The summed E-state index contributed by atoms with van der Waals surface area (Å²) in [4.78, 5) is 24.7. The van der Waals surface area contributed by atoms with Gasteiger partial charge in [-0.25, -0.2) is 0 Å². The second kappa shape index (κ2) is 11.4. The minimum Gasteiger partial charge on any atom is -0.381 e. The molecule has 0 saturated carbocycles. The molecule has 1 heterocycles. The lowest BCUT2D eigenvalue weighted by molar-refractivity contribution is 0.0935. The predicted molar refractivity (Wildman–Crippen MR) is 105 cm³/mol. The molecule has 2 amide bonds. The average Bonchev–Trinajstić information content (AvgIpc) is 3.20. The van der Waals surface area contributed by atoms with Crippen molar-refractivity contribution in [3.8, 4) is 0 Å². The van der Waals surface area contributed by atoms with E-state index in [1.807, 2.05) is 23.6 Å². The van der Waals surface area contributed by atoms with Crippen LogP contribution in [0, 0.1) is 0 Å². The summed E-state index contributed by atoms with van der Waals surface area (Å²) >= 11 is 1.41. The van der Waals surface area contributed by atoms with Gasteiger partial charge in [0.05, 0.1) is 4.88 Å². The van der Waals surface area contributed by atoms with Crippen LogP contribution in [0.5, 0.6) is 0 Å². The highest BCUT2D eigenvalue weighted by Crippen LogP contribution is 2.09. The molecule has 6 heteroatoms. The third kappa shape index (κ3) is 6.98. The fourth-order valence-corrected chi connectivity index (χ4v) is 2.92. The summed E-state index contributed by atoms with van der Waals surface area (Å²) in [6.45, 7) is 4.63. The molecule has 0 aliphatic heterocycles. The number of carbonyl (C=O) groups is 2. The molecule has 26 heavy (non-hydrogen) atoms. The molecule has 1 aromatic carbocycles. The topological polar surface area (TPSA) is 67.4 Å². The van der Waals surface area contributed by atoms with Crippen molar-refractivity contribution in [3.05, 3.63) is 57.8 Å². The summed E-state index contributed by atoms with van der Waals surface area (Å²) in [5.41, 5.74) is 1.57. The Morgan fingerprint density at radius 2 is 1.77 bits per heavy atom. The van der Waals surface area contributed by atoms with Crippen molar-refractivity contribution >= 4 is 23.2 Å². The molecule has 2 aromatic rings. The van der Waals surface area contributed by atoms with E-state index >= 15 is 0 Å². The molecular formula is C20H26N2O3S. The quantitative estimate of drug-likeness (QED) is 0.591. The lowest BCUT2D eigenvalue weighted by Crippen LogP contribution is -2.25. The van der Waals surface area contributed by atoms with Gasteiger partial charge in [-0.05, 0) is 42.0 Å². The lowest BCUT2D eigenvalue weighted by Gasteiger charge is -2.07. The number of unbranched alkanes of at least 4 members (excludes halogenated alkanes) is 1. The zero-order chi connectivity index (χ0) is 18.6. The zero-order valence-corrected chi connectivity index (χ0v) is 15.9. The maximum atomic E-state index is 12.1. The molecule has 2 rings (SSSR count). The number of hydrogen-bond donors (Lipinski definition) is 2. The van der Waals surface area contributed by atoms with Gasteiger partial charge in [0.2, 0.25) is 0 Å². The number of ether oxygens (including phenoxy) is 1. The Morgan fingerprint density at radius 1 is 1.00 bits per heavy atom. The van der Waals surface area contributed by atoms with Gasteiger partial charge in [0.25, 0.3) is 11.8 Å². The van der Waals surface area contributed by atoms with Crippen LogP contribution in [0.1, 0.15) is 51.8 Å². The molecule has 0 atom stereocenters. The van der Waals surface area contributed by atoms with Crippen LogP contribution in [0.2, 0.25) is 0 Å². The largest absolute Gasteiger partial charge is 0.381 e. The predicted octanol–water partition coefficient (Wildman–Crippen LogP) is 3.61. The van der Waals surface area contributed by atoms with E-state index in [1.165, 1.54) is 11.3 Å². The number of thiophene rings is 1. The van der Waals surface area contributed by atoms with Crippen LogP contribution in [0.4, 0.5) is 0 Å². The molecule has 0 radical (unpaired) electrons. The molecule has 0 aliphatic rings. The van der Waals surface area contributed by atoms with Crippen molar-refractivity contribution in [2.24, 2.45) is 0 Å². The first-order valence-corrected chi connectivity index (χ1v) is 9.85. The molecule has 5 nitrogen and oxygen atoms in total. The third-order valence-corrected chi connectivity index (χ3v) is 4.68. The normalized spacial score (nSPS) is 10.5. The molecule has 1 aromatic heterocycles. The van der Waals surface area contributed by atoms with Gasteiger partial charge in [0.1, 0.15) is 0 Å². The van der Waals surface area contributed by atoms with Gasteiger partial charge in [0, 0.05) is 31.9 Å². The number of hydrogen-bond acceptors (Lipinski definition) is 4. The number of carbonyl (C=O) groups excluding carboxylic acids is 2. The smallest absolute Gasteiger partial charge is 0.261 e. The molecule has 2 N–H and O–H groups in total. The number of rotatable bonds is 11. The molecule has 0 unspecified atom stereocenters. The van der Waals surface area contributed by atoms with Crippen LogP contribution in [0.3, 0.4) is 0 Å². The monoisotopic (exact) mass is 374 g/mol. The number of benzene rings is 1. The standard InChI is InChI=1S/C20H26N2O3S/c1-2-3-12-25-13-5-11-21-19(23)17-9-7-16(8-10-17)15-22-20(24)18-6-4-14-26-18/h4,6-10,14H,2-3,5,11-13,15H2,1H3,(H,21,23)(H,22,24). The molecular weight excluding hydrogens is 348 g/mol.